The van der Waals surface area contributed by atoms with Gasteiger partial charge >= 0.3 is 6.03 Å². The van der Waals surface area contributed by atoms with E-state index in [1.54, 1.807) is 19.1 Å². The largest absolute Gasteiger partial charge is 0.446 e. The predicted octanol–water partition coefficient (Wildman–Crippen LogP) is 1.79. The van der Waals surface area contributed by atoms with Crippen molar-refractivity contribution in [2.24, 2.45) is 0 Å². The van der Waals surface area contributed by atoms with Crippen molar-refractivity contribution < 1.29 is 23.5 Å². The molecule has 0 aromatic carbocycles. The van der Waals surface area contributed by atoms with Gasteiger partial charge in [0, 0.05) is 47.1 Å². The van der Waals surface area contributed by atoms with Gasteiger partial charge in [-0.25, -0.2) is 9.78 Å². The molecule has 1 aromatic rings. The maximum atomic E-state index is 12.4. The second-order valence-corrected chi connectivity index (χ2v) is 6.08. The number of unbranched alkanes of at least 4 members (excludes halogenated alkanes) is 1. The lowest BCUT2D eigenvalue weighted by Crippen LogP contribution is -2.40. The molecule has 0 bridgehead atoms. The first-order chi connectivity index (χ1) is 13.1. The standard InChI is InChI=1S/C18H32N4O5/c1-4-5-8-20-18(24)22(10-7-12-26-3)13-16-21-15(14-27-16)17(23)19-9-6-11-25-2/h14H,4-13H2,1-3H3,(H,19,23)(H,20,24). The van der Waals surface area contributed by atoms with Crippen LogP contribution >= 0.6 is 0 Å². The van der Waals surface area contributed by atoms with Crippen LogP contribution in [0.4, 0.5) is 4.79 Å². The summed E-state index contributed by atoms with van der Waals surface area (Å²) in [6, 6.07) is -0.177. The number of hydrogen-bond donors (Lipinski definition) is 2. The van der Waals surface area contributed by atoms with E-state index < -0.39 is 0 Å². The number of hydrogen-bond acceptors (Lipinski definition) is 6. The van der Waals surface area contributed by atoms with Gasteiger partial charge in [0.2, 0.25) is 5.89 Å². The van der Waals surface area contributed by atoms with Crippen molar-refractivity contribution >= 4 is 11.9 Å². The SMILES string of the molecule is CCCCNC(=O)N(CCCOC)Cc1nc(C(=O)NCCCOC)co1. The van der Waals surface area contributed by atoms with Gasteiger partial charge < -0.3 is 29.4 Å². The van der Waals surface area contributed by atoms with Crippen LogP contribution in [-0.4, -0.2) is 68.9 Å². The van der Waals surface area contributed by atoms with Crippen molar-refractivity contribution in [3.05, 3.63) is 17.8 Å². The van der Waals surface area contributed by atoms with E-state index in [0.29, 0.717) is 45.2 Å². The second kappa shape index (κ2) is 14.0. The lowest BCUT2D eigenvalue weighted by atomic mass is 10.3. The summed E-state index contributed by atoms with van der Waals surface area (Å²) < 4.78 is 15.4. The number of urea groups is 1. The third kappa shape index (κ3) is 9.39. The van der Waals surface area contributed by atoms with Gasteiger partial charge in [0.05, 0.1) is 6.54 Å². The Kier molecular flexibility index (Phi) is 11.9. The molecule has 0 atom stereocenters. The van der Waals surface area contributed by atoms with Crippen molar-refractivity contribution in [1.82, 2.24) is 20.5 Å². The summed E-state index contributed by atoms with van der Waals surface area (Å²) in [5, 5.41) is 5.63. The maximum absolute atomic E-state index is 12.4. The van der Waals surface area contributed by atoms with Gasteiger partial charge in [0.25, 0.3) is 5.91 Å². The highest BCUT2D eigenvalue weighted by atomic mass is 16.5. The first-order valence-electron chi connectivity index (χ1n) is 9.35. The van der Waals surface area contributed by atoms with Crippen LogP contribution in [0.15, 0.2) is 10.7 Å². The average Bonchev–Trinajstić information content (AvgIpc) is 3.13. The molecule has 154 valence electrons. The molecule has 1 aromatic heterocycles. The highest BCUT2D eigenvalue weighted by Gasteiger charge is 2.18. The Labute approximate surface area is 160 Å². The third-order valence-electron chi connectivity index (χ3n) is 3.79. The summed E-state index contributed by atoms with van der Waals surface area (Å²) >= 11 is 0. The summed E-state index contributed by atoms with van der Waals surface area (Å²) in [6.45, 7) is 5.02. The Balaban J connectivity index is 2.59. The third-order valence-corrected chi connectivity index (χ3v) is 3.79. The normalized spacial score (nSPS) is 10.6. The van der Waals surface area contributed by atoms with Crippen LogP contribution in [0.25, 0.3) is 0 Å². The molecule has 0 radical (unpaired) electrons. The molecular weight excluding hydrogens is 352 g/mol. The van der Waals surface area contributed by atoms with E-state index in [1.165, 1.54) is 6.26 Å². The van der Waals surface area contributed by atoms with Gasteiger partial charge in [-0.2, -0.15) is 0 Å². The predicted molar refractivity (Wildman–Crippen MR) is 101 cm³/mol. The summed E-state index contributed by atoms with van der Waals surface area (Å²) in [5.74, 6) is 0.0135. The number of nitrogens with zero attached hydrogens (tertiary/aromatic N) is 2. The van der Waals surface area contributed by atoms with Gasteiger partial charge in [-0.05, 0) is 19.3 Å². The average molecular weight is 384 g/mol. The highest BCUT2D eigenvalue weighted by molar-refractivity contribution is 5.91. The van der Waals surface area contributed by atoms with Crippen molar-refractivity contribution in [3.8, 4) is 0 Å². The molecule has 0 fully saturated rings. The van der Waals surface area contributed by atoms with Crippen LogP contribution in [0, 0.1) is 0 Å². The second-order valence-electron chi connectivity index (χ2n) is 6.08. The van der Waals surface area contributed by atoms with E-state index >= 15 is 0 Å². The molecule has 1 heterocycles. The smallest absolute Gasteiger partial charge is 0.317 e. The minimum absolute atomic E-state index is 0.177. The maximum Gasteiger partial charge on any atom is 0.317 e. The molecular formula is C18H32N4O5. The Morgan fingerprint density at radius 1 is 1.11 bits per heavy atom. The number of ether oxygens (including phenoxy) is 2. The highest BCUT2D eigenvalue weighted by Crippen LogP contribution is 2.07. The van der Waals surface area contributed by atoms with E-state index in [-0.39, 0.29) is 24.2 Å². The fourth-order valence-electron chi connectivity index (χ4n) is 2.30. The minimum atomic E-state index is -0.306. The van der Waals surface area contributed by atoms with Crippen LogP contribution in [0.5, 0.6) is 0 Å². The van der Waals surface area contributed by atoms with Crippen molar-refractivity contribution in [2.75, 3.05) is 47.1 Å². The minimum Gasteiger partial charge on any atom is -0.446 e. The number of methoxy groups -OCH3 is 2. The Morgan fingerprint density at radius 2 is 1.81 bits per heavy atom. The molecule has 9 heteroatoms. The van der Waals surface area contributed by atoms with E-state index in [0.717, 1.165) is 19.3 Å². The number of oxazole rings is 1. The molecule has 0 aliphatic heterocycles. The van der Waals surface area contributed by atoms with Gasteiger partial charge in [-0.3, -0.25) is 4.79 Å². The van der Waals surface area contributed by atoms with Gasteiger partial charge in [-0.15, -0.1) is 0 Å². The van der Waals surface area contributed by atoms with E-state index in [4.69, 9.17) is 13.9 Å². The molecule has 0 aliphatic rings. The Morgan fingerprint density at radius 3 is 2.52 bits per heavy atom. The van der Waals surface area contributed by atoms with Crippen LogP contribution < -0.4 is 10.6 Å². The fourth-order valence-corrected chi connectivity index (χ4v) is 2.30. The van der Waals surface area contributed by atoms with Crippen LogP contribution in [0.2, 0.25) is 0 Å². The first kappa shape index (κ1) is 22.9. The monoisotopic (exact) mass is 384 g/mol. The lowest BCUT2D eigenvalue weighted by molar-refractivity contribution is 0.0943. The van der Waals surface area contributed by atoms with Crippen LogP contribution in [0.3, 0.4) is 0 Å². The van der Waals surface area contributed by atoms with Gasteiger partial charge in [0.15, 0.2) is 5.69 Å². The molecule has 0 saturated carbocycles. The van der Waals surface area contributed by atoms with E-state index in [1.807, 2.05) is 0 Å². The molecule has 0 unspecified atom stereocenters. The number of rotatable bonds is 14. The zero-order valence-electron chi connectivity index (χ0n) is 16.6. The lowest BCUT2D eigenvalue weighted by Gasteiger charge is -2.21. The van der Waals surface area contributed by atoms with Crippen molar-refractivity contribution in [1.29, 1.82) is 0 Å². The van der Waals surface area contributed by atoms with E-state index in [2.05, 4.69) is 22.5 Å². The van der Waals surface area contributed by atoms with Gasteiger partial charge in [0.1, 0.15) is 6.26 Å². The zero-order valence-corrected chi connectivity index (χ0v) is 16.6. The number of aromatic nitrogens is 1. The summed E-state index contributed by atoms with van der Waals surface area (Å²) in [7, 11) is 3.24. The van der Waals surface area contributed by atoms with Crippen LogP contribution in [0.1, 0.15) is 49.0 Å². The summed E-state index contributed by atoms with van der Waals surface area (Å²) in [4.78, 5) is 30.2. The summed E-state index contributed by atoms with van der Waals surface area (Å²) in [6.07, 6.45) is 4.66. The zero-order chi connectivity index (χ0) is 19.9. The molecule has 9 nitrogen and oxygen atoms in total. The van der Waals surface area contributed by atoms with Gasteiger partial charge in [-0.1, -0.05) is 13.3 Å². The molecule has 0 spiro atoms. The topological polar surface area (TPSA) is 106 Å². The molecule has 0 aliphatic carbocycles. The van der Waals surface area contributed by atoms with E-state index in [9.17, 15) is 9.59 Å². The number of amides is 3. The van der Waals surface area contributed by atoms with Crippen molar-refractivity contribution in [2.45, 2.75) is 39.2 Å². The summed E-state index contributed by atoms with van der Waals surface area (Å²) in [5.41, 5.74) is 0.200. The number of carbonyl (C=O) groups is 2. The molecule has 3 amide bonds. The van der Waals surface area contributed by atoms with Crippen molar-refractivity contribution in [3.63, 3.8) is 0 Å². The molecule has 1 rings (SSSR count). The number of nitrogens with one attached hydrogen (secondary N) is 2. The molecule has 27 heavy (non-hydrogen) atoms. The number of carbonyl (C=O) groups excluding carboxylic acids is 2. The quantitative estimate of drug-likeness (QED) is 0.474. The Bertz CT molecular complexity index is 550. The molecule has 0 saturated heterocycles. The first-order valence-corrected chi connectivity index (χ1v) is 9.35. The molecule has 2 N–H and O–H groups in total. The fraction of sp³-hybridized carbons (Fsp3) is 0.722. The Hall–Kier alpha value is -2.13. The van der Waals surface area contributed by atoms with Crippen LogP contribution in [-0.2, 0) is 16.0 Å².